The van der Waals surface area contributed by atoms with E-state index in [4.69, 9.17) is 28.9 Å². The van der Waals surface area contributed by atoms with E-state index in [2.05, 4.69) is 36.1 Å². The predicted octanol–water partition coefficient (Wildman–Crippen LogP) is 2.50. The van der Waals surface area contributed by atoms with Crippen molar-refractivity contribution >= 4 is 44.9 Å². The van der Waals surface area contributed by atoms with Crippen LogP contribution in [0.2, 0.25) is 10.0 Å². The van der Waals surface area contributed by atoms with Gasteiger partial charge in [-0.2, -0.15) is 20.2 Å². The van der Waals surface area contributed by atoms with E-state index >= 15 is 0 Å². The summed E-state index contributed by atoms with van der Waals surface area (Å²) in [5.41, 5.74) is 5.86. The van der Waals surface area contributed by atoms with Crippen molar-refractivity contribution in [2.24, 2.45) is 0 Å². The lowest BCUT2D eigenvalue weighted by Gasteiger charge is -2.08. The highest BCUT2D eigenvalue weighted by atomic mass is 79.9. The molecule has 0 unspecified atom stereocenters. The van der Waals surface area contributed by atoms with Gasteiger partial charge in [0.15, 0.2) is 5.82 Å². The fourth-order valence-corrected chi connectivity index (χ4v) is 2.15. The smallest absolute Gasteiger partial charge is 0.254 e. The minimum absolute atomic E-state index is 0.253. The topological polar surface area (TPSA) is 87.4 Å². The lowest BCUT2D eigenvalue weighted by molar-refractivity contribution is 0.773. The summed E-state index contributed by atoms with van der Waals surface area (Å²) in [4.78, 5) is 8.48. The van der Waals surface area contributed by atoms with Gasteiger partial charge in [0.05, 0.1) is 34.8 Å². The van der Waals surface area contributed by atoms with Gasteiger partial charge in [-0.1, -0.05) is 23.2 Å². The molecule has 0 aromatic carbocycles. The zero-order valence-corrected chi connectivity index (χ0v) is 12.8. The maximum absolute atomic E-state index is 5.86. The summed E-state index contributed by atoms with van der Waals surface area (Å²) in [5.74, 6) is 0.980. The summed E-state index contributed by atoms with van der Waals surface area (Å²) >= 11 is 15.0. The molecule has 0 radical (unpaired) electrons. The van der Waals surface area contributed by atoms with Crippen LogP contribution in [0.15, 0.2) is 29.3 Å². The quantitative estimate of drug-likeness (QED) is 0.744. The largest absolute Gasteiger partial charge is 0.383 e. The number of hydrogen-bond donors (Lipinski definition) is 1. The molecule has 102 valence electrons. The molecule has 3 aromatic heterocycles. The van der Waals surface area contributed by atoms with Crippen LogP contribution < -0.4 is 5.73 Å². The van der Waals surface area contributed by atoms with Gasteiger partial charge in [0.25, 0.3) is 5.95 Å². The van der Waals surface area contributed by atoms with Crippen molar-refractivity contribution in [2.75, 3.05) is 5.73 Å². The molecule has 0 aliphatic carbocycles. The van der Waals surface area contributed by atoms with E-state index in [0.29, 0.717) is 20.3 Å². The van der Waals surface area contributed by atoms with Gasteiger partial charge in [-0.05, 0) is 15.9 Å². The normalized spacial score (nSPS) is 10.9. The molecule has 0 amide bonds. The first-order valence-electron chi connectivity index (χ1n) is 5.28. The number of aromatic nitrogens is 6. The third kappa shape index (κ3) is 2.37. The van der Waals surface area contributed by atoms with Gasteiger partial charge in [-0.15, -0.1) is 0 Å². The number of rotatable bonds is 2. The average Bonchev–Trinajstić information content (AvgIpc) is 3.01. The molecule has 0 saturated heterocycles. The van der Waals surface area contributed by atoms with E-state index < -0.39 is 0 Å². The second-order valence-electron chi connectivity index (χ2n) is 3.75. The monoisotopic (exact) mass is 373 g/mol. The Bertz CT molecular complexity index is 782. The molecular formula is C10H6BrCl2N7. The van der Waals surface area contributed by atoms with Crippen LogP contribution in [-0.2, 0) is 0 Å². The van der Waals surface area contributed by atoms with Crippen molar-refractivity contribution in [1.29, 1.82) is 0 Å². The molecule has 2 N–H and O–H groups in total. The van der Waals surface area contributed by atoms with Crippen LogP contribution in [0.4, 0.5) is 5.82 Å². The van der Waals surface area contributed by atoms with Crippen molar-refractivity contribution in [3.8, 4) is 11.8 Å². The fraction of sp³-hybridized carbons (Fsp3) is 0. The second-order valence-corrected chi connectivity index (χ2v) is 5.42. The highest BCUT2D eigenvalue weighted by molar-refractivity contribution is 9.10. The standard InChI is InChI=1S/C10H6BrCl2N7/c11-7-8(14)17-10(20-4-6(13)2-16-20)18-9(7)19-3-5(12)1-15-19/h1-4H,(H2,14,17,18). The number of nitrogens with two attached hydrogens (primary N) is 1. The summed E-state index contributed by atoms with van der Waals surface area (Å²) in [6.07, 6.45) is 6.16. The molecule has 0 spiro atoms. The van der Waals surface area contributed by atoms with Crippen molar-refractivity contribution in [3.05, 3.63) is 39.3 Å². The second kappa shape index (κ2) is 5.04. The van der Waals surface area contributed by atoms with Crippen LogP contribution in [0.3, 0.4) is 0 Å². The van der Waals surface area contributed by atoms with Gasteiger partial charge in [0, 0.05) is 0 Å². The molecule has 3 aromatic rings. The summed E-state index contributed by atoms with van der Waals surface area (Å²) < 4.78 is 3.41. The van der Waals surface area contributed by atoms with Gasteiger partial charge in [-0.3, -0.25) is 0 Å². The van der Waals surface area contributed by atoms with E-state index in [1.807, 2.05) is 0 Å². The zero-order valence-electron chi connectivity index (χ0n) is 9.70. The molecule has 0 atom stereocenters. The van der Waals surface area contributed by atoms with Crippen LogP contribution in [0.1, 0.15) is 0 Å². The first kappa shape index (κ1) is 13.3. The molecule has 0 aliphatic heterocycles. The Morgan fingerprint density at radius 1 is 1.00 bits per heavy atom. The summed E-state index contributed by atoms with van der Waals surface area (Å²) in [5, 5.41) is 9.07. The maximum atomic E-state index is 5.86. The Hall–Kier alpha value is -1.64. The van der Waals surface area contributed by atoms with E-state index in [1.54, 1.807) is 12.4 Å². The third-order valence-electron chi connectivity index (χ3n) is 2.37. The molecule has 20 heavy (non-hydrogen) atoms. The van der Waals surface area contributed by atoms with E-state index in [-0.39, 0.29) is 11.8 Å². The van der Waals surface area contributed by atoms with E-state index in [0.717, 1.165) is 0 Å². The molecule has 3 heterocycles. The minimum atomic E-state index is 0.253. The van der Waals surface area contributed by atoms with Gasteiger partial charge in [0.1, 0.15) is 10.3 Å². The van der Waals surface area contributed by atoms with Crippen molar-refractivity contribution in [1.82, 2.24) is 29.5 Å². The Labute approximate surface area is 131 Å². The van der Waals surface area contributed by atoms with Gasteiger partial charge in [-0.25, -0.2) is 9.36 Å². The van der Waals surface area contributed by atoms with Crippen LogP contribution in [0.25, 0.3) is 11.8 Å². The third-order valence-corrected chi connectivity index (χ3v) is 3.52. The summed E-state index contributed by atoms with van der Waals surface area (Å²) in [6, 6.07) is 0. The van der Waals surface area contributed by atoms with E-state index in [1.165, 1.54) is 21.8 Å². The Morgan fingerprint density at radius 2 is 1.60 bits per heavy atom. The minimum Gasteiger partial charge on any atom is -0.383 e. The van der Waals surface area contributed by atoms with Crippen molar-refractivity contribution in [2.45, 2.75) is 0 Å². The Kier molecular flexibility index (Phi) is 3.36. The first-order valence-corrected chi connectivity index (χ1v) is 6.83. The van der Waals surface area contributed by atoms with E-state index in [9.17, 15) is 0 Å². The van der Waals surface area contributed by atoms with Crippen molar-refractivity contribution in [3.63, 3.8) is 0 Å². The number of nitrogen functional groups attached to an aromatic ring is 1. The molecule has 10 heteroatoms. The number of anilines is 1. The highest BCUT2D eigenvalue weighted by Gasteiger charge is 2.14. The van der Waals surface area contributed by atoms with Gasteiger partial charge < -0.3 is 5.73 Å². The van der Waals surface area contributed by atoms with Crippen LogP contribution >= 0.6 is 39.1 Å². The lowest BCUT2D eigenvalue weighted by atomic mass is 10.5. The van der Waals surface area contributed by atoms with Gasteiger partial charge >= 0.3 is 0 Å². The molecule has 0 saturated carbocycles. The molecule has 0 aliphatic rings. The zero-order chi connectivity index (χ0) is 14.3. The number of hydrogen-bond acceptors (Lipinski definition) is 5. The molecular weight excluding hydrogens is 369 g/mol. The molecule has 7 nitrogen and oxygen atoms in total. The molecule has 0 fully saturated rings. The lowest BCUT2D eigenvalue weighted by Crippen LogP contribution is -2.10. The first-order chi connectivity index (χ1) is 9.54. The SMILES string of the molecule is Nc1nc(-n2cc(Cl)cn2)nc(-n2cc(Cl)cn2)c1Br. The number of halogens is 3. The van der Waals surface area contributed by atoms with Crippen LogP contribution in [-0.4, -0.2) is 29.5 Å². The maximum Gasteiger partial charge on any atom is 0.254 e. The fourth-order valence-electron chi connectivity index (χ4n) is 1.52. The highest BCUT2D eigenvalue weighted by Crippen LogP contribution is 2.25. The molecule has 3 rings (SSSR count). The predicted molar refractivity (Wildman–Crippen MR) is 78.4 cm³/mol. The van der Waals surface area contributed by atoms with Gasteiger partial charge in [0.2, 0.25) is 0 Å². The Morgan fingerprint density at radius 3 is 2.15 bits per heavy atom. The molecule has 0 bridgehead atoms. The van der Waals surface area contributed by atoms with Crippen LogP contribution in [0, 0.1) is 0 Å². The average molecular weight is 375 g/mol. The number of nitrogens with zero attached hydrogens (tertiary/aromatic N) is 6. The van der Waals surface area contributed by atoms with Crippen LogP contribution in [0.5, 0.6) is 0 Å². The van der Waals surface area contributed by atoms with Crippen molar-refractivity contribution < 1.29 is 0 Å². The Balaban J connectivity index is 2.17. The summed E-state index contributed by atoms with van der Waals surface area (Å²) in [6.45, 7) is 0. The summed E-state index contributed by atoms with van der Waals surface area (Å²) in [7, 11) is 0.